The number of thiophene rings is 1. The van der Waals surface area contributed by atoms with Crippen LogP contribution in [0.5, 0.6) is 5.75 Å². The number of halogens is 3. The third-order valence-electron chi connectivity index (χ3n) is 2.61. The number of phenols is 1. The summed E-state index contributed by atoms with van der Waals surface area (Å²) in [5, 5.41) is 10.0. The molecule has 1 heterocycles. The van der Waals surface area contributed by atoms with Gasteiger partial charge in [-0.2, -0.15) is 8.78 Å². The first-order valence-electron chi connectivity index (χ1n) is 6.27. The molecule has 1 aromatic heterocycles. The predicted octanol–water partition coefficient (Wildman–Crippen LogP) is 5.80. The topological polar surface area (TPSA) is 38.7 Å². The molecule has 0 atom stereocenters. The molecule has 0 spiro atoms. The summed E-state index contributed by atoms with van der Waals surface area (Å²) >= 11 is 4.18. The molecule has 3 nitrogen and oxygen atoms in total. The largest absolute Gasteiger partial charge is 0.508 e. The number of hydrogen-bond donors (Lipinski definition) is 1. The zero-order valence-corrected chi connectivity index (χ0v) is 14.7. The first kappa shape index (κ1) is 17.0. The summed E-state index contributed by atoms with van der Waals surface area (Å²) in [6.07, 6.45) is 0. The summed E-state index contributed by atoms with van der Waals surface area (Å²) in [6.45, 7) is 3.63. The maximum absolute atomic E-state index is 14.7. The van der Waals surface area contributed by atoms with E-state index < -0.39 is 14.0 Å². The van der Waals surface area contributed by atoms with E-state index in [4.69, 9.17) is 9.05 Å². The van der Waals surface area contributed by atoms with Crippen molar-refractivity contribution in [2.24, 2.45) is 0 Å². The van der Waals surface area contributed by atoms with Crippen LogP contribution in [0.4, 0.5) is 8.78 Å². The lowest BCUT2D eigenvalue weighted by atomic mass is 10.2. The first-order chi connectivity index (χ1) is 9.91. The second-order valence-corrected chi connectivity index (χ2v) is 7.50. The number of phenolic OH excluding ortho intramolecular Hbond substituents is 1. The summed E-state index contributed by atoms with van der Waals surface area (Å²) in [5.41, 5.74) is -3.22. The van der Waals surface area contributed by atoms with Crippen LogP contribution >= 0.6 is 35.6 Å². The Bertz CT molecular complexity index is 629. The van der Waals surface area contributed by atoms with Crippen molar-refractivity contribution in [3.8, 4) is 5.75 Å². The van der Waals surface area contributed by atoms with Gasteiger partial charge < -0.3 is 14.2 Å². The van der Waals surface area contributed by atoms with E-state index in [1.807, 2.05) is 0 Å². The van der Waals surface area contributed by atoms with Gasteiger partial charge in [-0.3, -0.25) is 0 Å². The van der Waals surface area contributed by atoms with Crippen molar-refractivity contribution in [3.63, 3.8) is 0 Å². The minimum atomic E-state index is -3.22. The quantitative estimate of drug-likeness (QED) is 0.624. The smallest absolute Gasteiger partial charge is 0.349 e. The molecule has 0 saturated carbocycles. The third-order valence-corrected chi connectivity index (χ3v) is 6.75. The second kappa shape index (κ2) is 6.84. The van der Waals surface area contributed by atoms with Crippen LogP contribution in [0.2, 0.25) is 0 Å². The summed E-state index contributed by atoms with van der Waals surface area (Å²) in [5.74, 6) is 0.0350. The van der Waals surface area contributed by atoms with E-state index in [9.17, 15) is 13.9 Å². The van der Waals surface area contributed by atoms with Crippen LogP contribution in [0, 0.1) is 0 Å². The van der Waals surface area contributed by atoms with Gasteiger partial charge in [-0.15, -0.1) is 11.3 Å². The van der Waals surface area contributed by atoms with E-state index >= 15 is 0 Å². The predicted molar refractivity (Wildman–Crippen MR) is 85.3 cm³/mol. The van der Waals surface area contributed by atoms with E-state index in [-0.39, 0.29) is 28.3 Å². The molecule has 0 aliphatic carbocycles. The Labute approximate surface area is 134 Å². The molecule has 1 aromatic carbocycles. The molecule has 8 heteroatoms. The summed E-state index contributed by atoms with van der Waals surface area (Å²) in [7, 11) is -2.36. The Morgan fingerprint density at radius 1 is 1.29 bits per heavy atom. The van der Waals surface area contributed by atoms with E-state index in [2.05, 4.69) is 15.9 Å². The highest BCUT2D eigenvalue weighted by molar-refractivity contribution is 9.10. The summed E-state index contributed by atoms with van der Waals surface area (Å²) in [4.78, 5) is -0.142. The molecule has 0 radical (unpaired) electrons. The molecule has 2 aromatic rings. The van der Waals surface area contributed by atoms with Crippen LogP contribution in [-0.2, 0) is 14.7 Å². The monoisotopic (exact) mass is 398 g/mol. The Kier molecular flexibility index (Phi) is 5.54. The van der Waals surface area contributed by atoms with Gasteiger partial charge in [0.05, 0.1) is 18.1 Å². The minimum absolute atomic E-state index is 0.0350. The number of aromatic hydroxyl groups is 1. The third kappa shape index (κ3) is 3.37. The summed E-state index contributed by atoms with van der Waals surface area (Å²) in [6, 6.07) is 4.55. The highest BCUT2D eigenvalue weighted by Crippen LogP contribution is 2.63. The highest BCUT2D eigenvalue weighted by Gasteiger charge is 2.47. The molecule has 116 valence electrons. The normalized spacial score (nSPS) is 12.5. The number of hydrogen-bond acceptors (Lipinski definition) is 4. The van der Waals surface area contributed by atoms with Gasteiger partial charge >= 0.3 is 5.66 Å². The molecule has 21 heavy (non-hydrogen) atoms. The average Bonchev–Trinajstić information content (AvgIpc) is 2.76. The second-order valence-electron chi connectivity index (χ2n) is 4.06. The van der Waals surface area contributed by atoms with E-state index in [0.717, 1.165) is 11.3 Å². The number of fused-ring (bicyclic) bond motifs is 1. The van der Waals surface area contributed by atoms with Crippen LogP contribution < -0.4 is 0 Å². The van der Waals surface area contributed by atoms with Crippen molar-refractivity contribution in [2.75, 3.05) is 13.2 Å². The van der Waals surface area contributed by atoms with Gasteiger partial charge in [-0.05, 0) is 48.0 Å². The molecule has 2 rings (SSSR count). The van der Waals surface area contributed by atoms with Crippen LogP contribution in [0.1, 0.15) is 18.7 Å². The van der Waals surface area contributed by atoms with Crippen molar-refractivity contribution >= 4 is 45.7 Å². The highest BCUT2D eigenvalue weighted by atomic mass is 79.9. The molecular weight excluding hydrogens is 385 g/mol. The lowest BCUT2D eigenvalue weighted by Crippen LogP contribution is -2.13. The molecule has 0 bridgehead atoms. The van der Waals surface area contributed by atoms with Gasteiger partial charge in [0.2, 0.25) is 0 Å². The molecule has 0 saturated heterocycles. The summed E-state index contributed by atoms with van der Waals surface area (Å²) < 4.78 is 40.5. The fraction of sp³-hybridized carbons (Fsp3) is 0.385. The maximum atomic E-state index is 14.7. The lowest BCUT2D eigenvalue weighted by Gasteiger charge is -2.24. The van der Waals surface area contributed by atoms with E-state index in [1.165, 1.54) is 12.1 Å². The molecule has 0 unspecified atom stereocenters. The average molecular weight is 399 g/mol. The Morgan fingerprint density at radius 3 is 2.48 bits per heavy atom. The van der Waals surface area contributed by atoms with E-state index in [1.54, 1.807) is 19.9 Å². The zero-order chi connectivity index (χ0) is 15.6. The molecule has 0 amide bonds. The zero-order valence-electron chi connectivity index (χ0n) is 11.4. The first-order valence-corrected chi connectivity index (χ1v) is 9.05. The van der Waals surface area contributed by atoms with Crippen molar-refractivity contribution < 1.29 is 22.9 Å². The lowest BCUT2D eigenvalue weighted by molar-refractivity contribution is 0.0600. The van der Waals surface area contributed by atoms with Crippen LogP contribution in [-0.4, -0.2) is 18.3 Å². The van der Waals surface area contributed by atoms with Gasteiger partial charge in [0, 0.05) is 14.6 Å². The van der Waals surface area contributed by atoms with E-state index in [0.29, 0.717) is 10.1 Å². The van der Waals surface area contributed by atoms with Gasteiger partial charge in [-0.1, -0.05) is 0 Å². The fourth-order valence-corrected chi connectivity index (χ4v) is 5.33. The Hall–Kier alpha value is -0.330. The van der Waals surface area contributed by atoms with Crippen LogP contribution in [0.25, 0.3) is 10.1 Å². The molecule has 0 aliphatic heterocycles. The van der Waals surface area contributed by atoms with Gasteiger partial charge in [0.1, 0.15) is 5.75 Å². The fourth-order valence-electron chi connectivity index (χ4n) is 1.77. The van der Waals surface area contributed by atoms with Crippen molar-refractivity contribution in [2.45, 2.75) is 19.5 Å². The molecule has 0 fully saturated rings. The Morgan fingerprint density at radius 2 is 1.90 bits per heavy atom. The van der Waals surface area contributed by atoms with Gasteiger partial charge in [0.25, 0.3) is 8.38 Å². The standard InChI is InChI=1S/C13H14BrF2O3PS/c1-3-18-20(19-4-2)13(15,16)12-11(14)9-7-8(17)5-6-10(9)21-12/h5-7,17H,3-4H2,1-2H3. The van der Waals surface area contributed by atoms with Crippen molar-refractivity contribution in [3.05, 3.63) is 27.5 Å². The van der Waals surface area contributed by atoms with Crippen molar-refractivity contribution in [1.29, 1.82) is 0 Å². The minimum Gasteiger partial charge on any atom is -0.508 e. The number of alkyl halides is 2. The molecule has 1 N–H and O–H groups in total. The van der Waals surface area contributed by atoms with Crippen LogP contribution in [0.15, 0.2) is 22.7 Å². The molecular formula is C13H14BrF2O3PS. The number of benzene rings is 1. The maximum Gasteiger partial charge on any atom is 0.349 e. The van der Waals surface area contributed by atoms with Gasteiger partial charge in [0.15, 0.2) is 0 Å². The Balaban J connectivity index is 2.49. The number of rotatable bonds is 6. The van der Waals surface area contributed by atoms with Crippen molar-refractivity contribution in [1.82, 2.24) is 0 Å². The molecule has 0 aliphatic rings. The van der Waals surface area contributed by atoms with Crippen LogP contribution in [0.3, 0.4) is 0 Å². The van der Waals surface area contributed by atoms with Gasteiger partial charge in [-0.25, -0.2) is 0 Å². The SMILES string of the molecule is CCOP(OCC)C(F)(F)c1sc2ccc(O)cc2c1Br.